The van der Waals surface area contributed by atoms with Gasteiger partial charge >= 0.3 is 5.97 Å². The van der Waals surface area contributed by atoms with Crippen LogP contribution >= 0.6 is 12.8 Å². The first-order valence-corrected chi connectivity index (χ1v) is 5.87. The van der Waals surface area contributed by atoms with Crippen LogP contribution in [0.1, 0.15) is 38.8 Å². The minimum absolute atomic E-state index is 0.0135. The van der Waals surface area contributed by atoms with Crippen molar-refractivity contribution in [1.82, 2.24) is 4.72 Å². The first kappa shape index (κ1) is 14.9. The van der Waals surface area contributed by atoms with Crippen molar-refractivity contribution in [2.45, 2.75) is 13.8 Å². The predicted octanol–water partition coefficient (Wildman–Crippen LogP) is 1.20. The Morgan fingerprint density at radius 2 is 2.16 bits per heavy atom. The highest BCUT2D eigenvalue weighted by atomic mass is 32.1. The van der Waals surface area contributed by atoms with Crippen LogP contribution in [0.25, 0.3) is 0 Å². The van der Waals surface area contributed by atoms with Crippen molar-refractivity contribution in [3.8, 4) is 6.07 Å². The number of carbonyl (C=O) groups excluding carboxylic acids is 2. The van der Waals surface area contributed by atoms with E-state index in [4.69, 9.17) is 15.7 Å². The van der Waals surface area contributed by atoms with Crippen molar-refractivity contribution in [1.29, 1.82) is 5.26 Å². The Bertz CT molecular complexity index is 579. The summed E-state index contributed by atoms with van der Waals surface area (Å²) >= 11 is 3.64. The lowest BCUT2D eigenvalue weighted by Crippen LogP contribution is -2.18. The predicted molar refractivity (Wildman–Crippen MR) is 72.7 cm³/mol. The molecule has 0 aromatic heterocycles. The van der Waals surface area contributed by atoms with Gasteiger partial charge in [-0.15, -0.1) is 0 Å². The summed E-state index contributed by atoms with van der Waals surface area (Å²) in [6, 6.07) is 3.18. The molecule has 19 heavy (non-hydrogen) atoms. The molecule has 0 unspecified atom stereocenters. The normalized spacial score (nSPS) is 9.58. The smallest absolute Gasteiger partial charge is 0.338 e. The van der Waals surface area contributed by atoms with Gasteiger partial charge in [-0.25, -0.2) is 4.79 Å². The number of amides is 1. The van der Waals surface area contributed by atoms with E-state index in [0.29, 0.717) is 5.56 Å². The third-order valence-electron chi connectivity index (χ3n) is 2.58. The van der Waals surface area contributed by atoms with Crippen LogP contribution in [0.2, 0.25) is 0 Å². The molecule has 1 amide bonds. The summed E-state index contributed by atoms with van der Waals surface area (Å²) in [6.45, 7) is 3.43. The van der Waals surface area contributed by atoms with E-state index in [1.54, 1.807) is 13.8 Å². The van der Waals surface area contributed by atoms with Gasteiger partial charge in [0.15, 0.2) is 0 Å². The van der Waals surface area contributed by atoms with Crippen molar-refractivity contribution in [3.63, 3.8) is 0 Å². The quantitative estimate of drug-likeness (QED) is 0.438. The number of nitriles is 1. The minimum Gasteiger partial charge on any atom is -0.462 e. The number of ether oxygens (including phenoxy) is 1. The molecule has 7 heteroatoms. The lowest BCUT2D eigenvalue weighted by molar-refractivity contribution is 0.0525. The fourth-order valence-electron chi connectivity index (χ4n) is 1.61. The monoisotopic (exact) mass is 279 g/mol. The second-order valence-corrected chi connectivity index (χ2v) is 3.88. The van der Waals surface area contributed by atoms with Crippen LogP contribution in [0.15, 0.2) is 6.07 Å². The number of esters is 1. The van der Waals surface area contributed by atoms with Gasteiger partial charge in [0.25, 0.3) is 5.91 Å². The van der Waals surface area contributed by atoms with Crippen molar-refractivity contribution in [2.24, 2.45) is 0 Å². The molecule has 1 aromatic rings. The Balaban J connectivity index is 3.54. The molecule has 0 radical (unpaired) electrons. The Morgan fingerprint density at radius 3 is 2.63 bits per heavy atom. The van der Waals surface area contributed by atoms with Crippen LogP contribution in [0.4, 0.5) is 5.69 Å². The van der Waals surface area contributed by atoms with E-state index in [1.165, 1.54) is 6.07 Å². The zero-order valence-electron chi connectivity index (χ0n) is 10.5. The molecule has 0 spiro atoms. The van der Waals surface area contributed by atoms with Crippen LogP contribution in [0, 0.1) is 18.3 Å². The Morgan fingerprint density at radius 1 is 1.53 bits per heavy atom. The molecule has 6 nitrogen and oxygen atoms in total. The number of carbonyl (C=O) groups is 2. The second kappa shape index (κ2) is 6.11. The van der Waals surface area contributed by atoms with Crippen molar-refractivity contribution in [2.75, 3.05) is 12.3 Å². The number of nitrogen functional groups attached to an aromatic ring is 1. The lowest BCUT2D eigenvalue weighted by Gasteiger charge is -2.12. The molecule has 3 N–H and O–H groups in total. The van der Waals surface area contributed by atoms with Gasteiger partial charge in [0, 0.05) is 0 Å². The summed E-state index contributed by atoms with van der Waals surface area (Å²) in [5, 5.41) is 9.08. The fourth-order valence-corrected chi connectivity index (χ4v) is 1.74. The number of hydrogen-bond donors (Lipinski definition) is 3. The average Bonchev–Trinajstić information content (AvgIpc) is 2.39. The van der Waals surface area contributed by atoms with E-state index in [-0.39, 0.29) is 29.0 Å². The fraction of sp³-hybridized carbons (Fsp3) is 0.250. The summed E-state index contributed by atoms with van der Waals surface area (Å²) in [7, 11) is 0. The van der Waals surface area contributed by atoms with E-state index >= 15 is 0 Å². The second-order valence-electron chi connectivity index (χ2n) is 3.66. The molecular formula is C12H13N3O3S. The Hall–Kier alpha value is -2.20. The highest BCUT2D eigenvalue weighted by Gasteiger charge is 2.21. The molecule has 0 aliphatic rings. The standard InChI is InChI=1S/C12H13N3O3S/c1-3-18-12(17)7-4-8(11(16)15-19)10(14)9(5-13)6(7)2/h4,19H,3,14H2,1-2H3,(H,15,16). The highest BCUT2D eigenvalue weighted by Crippen LogP contribution is 2.25. The molecule has 1 rings (SSSR count). The van der Waals surface area contributed by atoms with E-state index in [9.17, 15) is 9.59 Å². The summed E-state index contributed by atoms with van der Waals surface area (Å²) < 4.78 is 6.98. The number of anilines is 1. The van der Waals surface area contributed by atoms with Crippen molar-refractivity contribution in [3.05, 3.63) is 28.3 Å². The van der Waals surface area contributed by atoms with Crippen LogP contribution in [0.5, 0.6) is 0 Å². The van der Waals surface area contributed by atoms with Crippen molar-refractivity contribution < 1.29 is 14.3 Å². The maximum Gasteiger partial charge on any atom is 0.338 e. The van der Waals surface area contributed by atoms with E-state index in [0.717, 1.165) is 0 Å². The van der Waals surface area contributed by atoms with Crippen LogP contribution < -0.4 is 10.5 Å². The van der Waals surface area contributed by atoms with Crippen LogP contribution in [0.3, 0.4) is 0 Å². The van der Waals surface area contributed by atoms with E-state index < -0.39 is 11.9 Å². The zero-order chi connectivity index (χ0) is 14.6. The number of nitrogens with two attached hydrogens (primary N) is 1. The summed E-state index contributed by atoms with van der Waals surface area (Å²) in [4.78, 5) is 23.4. The number of benzene rings is 1. The third kappa shape index (κ3) is 2.80. The first-order chi connectivity index (χ1) is 8.97. The highest BCUT2D eigenvalue weighted by molar-refractivity contribution is 7.78. The van der Waals surface area contributed by atoms with Gasteiger partial charge in [0.2, 0.25) is 0 Å². The maximum atomic E-state index is 11.8. The zero-order valence-corrected chi connectivity index (χ0v) is 11.4. The van der Waals surface area contributed by atoms with Crippen molar-refractivity contribution >= 4 is 30.4 Å². The van der Waals surface area contributed by atoms with Gasteiger partial charge in [0.05, 0.1) is 29.0 Å². The lowest BCUT2D eigenvalue weighted by atomic mass is 9.96. The molecule has 100 valence electrons. The number of thiol groups is 1. The molecule has 0 fully saturated rings. The molecule has 0 aliphatic heterocycles. The molecular weight excluding hydrogens is 266 g/mol. The Kier molecular flexibility index (Phi) is 4.78. The number of nitrogens with zero attached hydrogens (tertiary/aromatic N) is 1. The molecule has 1 aromatic carbocycles. The molecule has 0 atom stereocenters. The topological polar surface area (TPSA) is 105 Å². The number of rotatable bonds is 3. The number of hydrogen-bond acceptors (Lipinski definition) is 6. The van der Waals surface area contributed by atoms with Gasteiger partial charge in [-0.2, -0.15) is 5.26 Å². The average molecular weight is 279 g/mol. The summed E-state index contributed by atoms with van der Waals surface area (Å²) in [5.74, 6) is -1.20. The number of nitrogens with one attached hydrogen (secondary N) is 1. The Labute approximate surface area is 116 Å². The minimum atomic E-state index is -0.607. The first-order valence-electron chi connectivity index (χ1n) is 5.42. The molecule has 0 heterocycles. The van der Waals surface area contributed by atoms with Gasteiger partial charge in [0.1, 0.15) is 6.07 Å². The van der Waals surface area contributed by atoms with Gasteiger partial charge in [-0.3, -0.25) is 9.52 Å². The molecule has 0 aliphatic carbocycles. The molecule has 0 saturated carbocycles. The van der Waals surface area contributed by atoms with Gasteiger partial charge < -0.3 is 10.5 Å². The summed E-state index contributed by atoms with van der Waals surface area (Å²) in [5.41, 5.74) is 6.38. The molecule has 0 saturated heterocycles. The largest absolute Gasteiger partial charge is 0.462 e. The van der Waals surface area contributed by atoms with Crippen LogP contribution in [-0.4, -0.2) is 18.5 Å². The van der Waals surface area contributed by atoms with Gasteiger partial charge in [-0.05, 0) is 25.5 Å². The summed E-state index contributed by atoms with van der Waals surface area (Å²) in [6.07, 6.45) is 0. The molecule has 0 bridgehead atoms. The van der Waals surface area contributed by atoms with E-state index in [1.807, 2.05) is 6.07 Å². The van der Waals surface area contributed by atoms with Gasteiger partial charge in [-0.1, -0.05) is 12.8 Å². The van der Waals surface area contributed by atoms with E-state index in [2.05, 4.69) is 17.5 Å². The SMILES string of the molecule is CCOC(=O)c1cc(C(=O)NS)c(N)c(C#N)c1C. The maximum absolute atomic E-state index is 11.8. The van der Waals surface area contributed by atoms with Crippen LogP contribution in [-0.2, 0) is 4.74 Å². The third-order valence-corrected chi connectivity index (χ3v) is 2.78.